The Hall–Kier alpha value is -1.50. The molecule has 0 aromatic carbocycles. The number of aryl methyl sites for hydroxylation is 1. The van der Waals surface area contributed by atoms with Crippen molar-refractivity contribution in [2.75, 3.05) is 11.1 Å². The normalized spacial score (nSPS) is 19.6. The molecule has 1 aromatic heterocycles. The number of carbonyl (C=O) groups is 2. The molecule has 1 aromatic rings. The SMILES string of the molecule is Cc1[nH]nc(NC(=O)C2CSC(=O)N2)c1C. The third kappa shape index (κ3) is 2.04. The Morgan fingerprint density at radius 3 is 2.81 bits per heavy atom. The summed E-state index contributed by atoms with van der Waals surface area (Å²) in [5, 5.41) is 11.9. The molecule has 3 N–H and O–H groups in total. The van der Waals surface area contributed by atoms with E-state index in [1.54, 1.807) is 0 Å². The van der Waals surface area contributed by atoms with Crippen LogP contribution in [-0.4, -0.2) is 33.1 Å². The summed E-state index contributed by atoms with van der Waals surface area (Å²) in [5.74, 6) is 0.759. The van der Waals surface area contributed by atoms with Crippen LogP contribution in [0.2, 0.25) is 0 Å². The molecule has 0 radical (unpaired) electrons. The Kier molecular flexibility index (Phi) is 2.86. The first kappa shape index (κ1) is 11.0. The zero-order valence-electron chi connectivity index (χ0n) is 8.96. The van der Waals surface area contributed by atoms with Gasteiger partial charge in [0.2, 0.25) is 5.91 Å². The Bertz CT molecular complexity index is 443. The fraction of sp³-hybridized carbons (Fsp3) is 0.444. The first-order valence-corrected chi connectivity index (χ1v) is 5.82. The Balaban J connectivity index is 2.02. The monoisotopic (exact) mass is 240 g/mol. The van der Waals surface area contributed by atoms with E-state index in [1.165, 1.54) is 0 Å². The molecule has 0 saturated carbocycles. The molecule has 0 spiro atoms. The Labute approximate surface area is 96.6 Å². The van der Waals surface area contributed by atoms with Crippen LogP contribution < -0.4 is 10.6 Å². The molecule has 1 aliphatic rings. The molecule has 1 saturated heterocycles. The summed E-state index contributed by atoms with van der Waals surface area (Å²) >= 11 is 1.11. The number of aromatic nitrogens is 2. The van der Waals surface area contributed by atoms with Crippen molar-refractivity contribution in [1.29, 1.82) is 0 Å². The maximum atomic E-state index is 11.7. The van der Waals surface area contributed by atoms with Crippen LogP contribution in [0, 0.1) is 13.8 Å². The van der Waals surface area contributed by atoms with Gasteiger partial charge in [-0.2, -0.15) is 5.10 Å². The molecule has 1 unspecified atom stereocenters. The fourth-order valence-electron chi connectivity index (χ4n) is 1.34. The molecule has 6 nitrogen and oxygen atoms in total. The van der Waals surface area contributed by atoms with E-state index >= 15 is 0 Å². The number of nitrogens with one attached hydrogen (secondary N) is 3. The zero-order chi connectivity index (χ0) is 11.7. The molecular weight excluding hydrogens is 228 g/mol. The van der Waals surface area contributed by atoms with E-state index < -0.39 is 6.04 Å². The number of aromatic amines is 1. The smallest absolute Gasteiger partial charge is 0.279 e. The summed E-state index contributed by atoms with van der Waals surface area (Å²) in [6.07, 6.45) is 0. The molecule has 7 heteroatoms. The molecule has 2 rings (SSSR count). The van der Waals surface area contributed by atoms with Crippen LogP contribution >= 0.6 is 11.8 Å². The lowest BCUT2D eigenvalue weighted by molar-refractivity contribution is -0.117. The van der Waals surface area contributed by atoms with Gasteiger partial charge in [-0.25, -0.2) is 0 Å². The number of hydrogen-bond acceptors (Lipinski definition) is 4. The number of amides is 2. The Morgan fingerprint density at radius 2 is 2.31 bits per heavy atom. The molecule has 0 bridgehead atoms. The zero-order valence-corrected chi connectivity index (χ0v) is 9.77. The van der Waals surface area contributed by atoms with Crippen molar-refractivity contribution in [3.8, 4) is 0 Å². The first-order valence-electron chi connectivity index (χ1n) is 4.83. The highest BCUT2D eigenvalue weighted by molar-refractivity contribution is 8.14. The summed E-state index contributed by atoms with van der Waals surface area (Å²) in [4.78, 5) is 22.7. The molecule has 2 heterocycles. The number of nitrogens with zero attached hydrogens (tertiary/aromatic N) is 1. The van der Waals surface area contributed by atoms with Crippen LogP contribution in [0.1, 0.15) is 11.3 Å². The number of H-pyrrole nitrogens is 1. The summed E-state index contributed by atoms with van der Waals surface area (Å²) in [5.41, 5.74) is 1.82. The van der Waals surface area contributed by atoms with Crippen LogP contribution in [0.4, 0.5) is 10.6 Å². The average Bonchev–Trinajstić information content (AvgIpc) is 2.79. The van der Waals surface area contributed by atoms with E-state index in [0.29, 0.717) is 11.6 Å². The van der Waals surface area contributed by atoms with Crippen molar-refractivity contribution >= 4 is 28.7 Å². The standard InChI is InChI=1S/C9H12N4O2S/c1-4-5(2)12-13-7(4)11-8(14)6-3-16-9(15)10-6/h6H,3H2,1-2H3,(H,10,15)(H2,11,12,13,14). The Morgan fingerprint density at radius 1 is 1.56 bits per heavy atom. The highest BCUT2D eigenvalue weighted by Gasteiger charge is 2.28. The van der Waals surface area contributed by atoms with Crippen LogP contribution in [-0.2, 0) is 4.79 Å². The molecule has 1 atom stereocenters. The molecule has 1 aliphatic heterocycles. The van der Waals surface area contributed by atoms with Crippen LogP contribution in [0.15, 0.2) is 0 Å². The summed E-state index contributed by atoms with van der Waals surface area (Å²) in [6, 6.07) is -0.464. The lowest BCUT2D eigenvalue weighted by Crippen LogP contribution is -2.38. The second kappa shape index (κ2) is 4.17. The number of carbonyl (C=O) groups excluding carboxylic acids is 2. The van der Waals surface area contributed by atoms with Crippen LogP contribution in [0.25, 0.3) is 0 Å². The molecular formula is C9H12N4O2S. The maximum absolute atomic E-state index is 11.7. The minimum Gasteiger partial charge on any atom is -0.334 e. The average molecular weight is 240 g/mol. The van der Waals surface area contributed by atoms with Gasteiger partial charge in [0.05, 0.1) is 0 Å². The van der Waals surface area contributed by atoms with E-state index in [2.05, 4.69) is 20.8 Å². The first-order chi connectivity index (χ1) is 7.58. The number of rotatable bonds is 2. The van der Waals surface area contributed by atoms with Crippen LogP contribution in [0.3, 0.4) is 0 Å². The predicted molar refractivity (Wildman–Crippen MR) is 61.5 cm³/mol. The van der Waals surface area contributed by atoms with Gasteiger partial charge in [0.25, 0.3) is 5.24 Å². The van der Waals surface area contributed by atoms with E-state index in [1.807, 2.05) is 13.8 Å². The van der Waals surface area contributed by atoms with Crippen molar-refractivity contribution < 1.29 is 9.59 Å². The van der Waals surface area contributed by atoms with Gasteiger partial charge in [0.15, 0.2) is 5.82 Å². The third-order valence-corrected chi connectivity index (χ3v) is 3.36. The number of thioether (sulfide) groups is 1. The van der Waals surface area contributed by atoms with Crippen molar-refractivity contribution in [1.82, 2.24) is 15.5 Å². The predicted octanol–water partition coefficient (Wildman–Crippen LogP) is 0.790. The molecule has 0 aliphatic carbocycles. The van der Waals surface area contributed by atoms with Gasteiger partial charge in [-0.3, -0.25) is 14.7 Å². The van der Waals surface area contributed by atoms with E-state index in [9.17, 15) is 9.59 Å². The van der Waals surface area contributed by atoms with Crippen LogP contribution in [0.5, 0.6) is 0 Å². The summed E-state index contributed by atoms with van der Waals surface area (Å²) in [7, 11) is 0. The molecule has 16 heavy (non-hydrogen) atoms. The van der Waals surface area contributed by atoms with Gasteiger partial charge in [0.1, 0.15) is 6.04 Å². The van der Waals surface area contributed by atoms with Gasteiger partial charge in [0, 0.05) is 17.0 Å². The van der Waals surface area contributed by atoms with E-state index in [4.69, 9.17) is 0 Å². The topological polar surface area (TPSA) is 86.9 Å². The second-order valence-corrected chi connectivity index (χ2v) is 4.60. The summed E-state index contributed by atoms with van der Waals surface area (Å²) in [6.45, 7) is 3.75. The highest BCUT2D eigenvalue weighted by Crippen LogP contribution is 2.17. The number of anilines is 1. The lowest BCUT2D eigenvalue weighted by atomic mass is 10.2. The second-order valence-electron chi connectivity index (χ2n) is 3.61. The van der Waals surface area contributed by atoms with Gasteiger partial charge in [-0.15, -0.1) is 0 Å². The minimum absolute atomic E-state index is 0.157. The quantitative estimate of drug-likeness (QED) is 0.713. The maximum Gasteiger partial charge on any atom is 0.279 e. The summed E-state index contributed by atoms with van der Waals surface area (Å²) < 4.78 is 0. The van der Waals surface area contributed by atoms with Gasteiger partial charge >= 0.3 is 0 Å². The van der Waals surface area contributed by atoms with E-state index in [0.717, 1.165) is 23.0 Å². The van der Waals surface area contributed by atoms with Crippen molar-refractivity contribution in [2.45, 2.75) is 19.9 Å². The minimum atomic E-state index is -0.464. The van der Waals surface area contributed by atoms with Gasteiger partial charge in [-0.05, 0) is 13.8 Å². The largest absolute Gasteiger partial charge is 0.334 e. The third-order valence-electron chi connectivity index (χ3n) is 2.48. The van der Waals surface area contributed by atoms with Gasteiger partial charge < -0.3 is 10.6 Å². The van der Waals surface area contributed by atoms with Crippen molar-refractivity contribution in [3.63, 3.8) is 0 Å². The lowest BCUT2D eigenvalue weighted by Gasteiger charge is -2.08. The molecule has 86 valence electrons. The molecule has 2 amide bonds. The van der Waals surface area contributed by atoms with Crippen molar-refractivity contribution in [2.24, 2.45) is 0 Å². The van der Waals surface area contributed by atoms with Crippen molar-refractivity contribution in [3.05, 3.63) is 11.3 Å². The van der Waals surface area contributed by atoms with E-state index in [-0.39, 0.29) is 11.1 Å². The fourth-order valence-corrected chi connectivity index (χ4v) is 2.11. The number of hydrogen-bond donors (Lipinski definition) is 3. The molecule has 1 fully saturated rings. The highest BCUT2D eigenvalue weighted by atomic mass is 32.2. The van der Waals surface area contributed by atoms with Gasteiger partial charge in [-0.1, -0.05) is 11.8 Å².